The van der Waals surface area contributed by atoms with Gasteiger partial charge in [-0.15, -0.1) is 0 Å². The van der Waals surface area contributed by atoms with Crippen LogP contribution in [-0.2, 0) is 6.54 Å². The number of hydrogen-bond donors (Lipinski definition) is 1. The lowest BCUT2D eigenvalue weighted by molar-refractivity contribution is 0.0667. The lowest BCUT2D eigenvalue weighted by Crippen LogP contribution is -2.42. The molecule has 0 aromatic heterocycles. The van der Waals surface area contributed by atoms with E-state index in [-0.39, 0.29) is 12.1 Å². The Balaban J connectivity index is 1.80. The molecule has 0 bridgehead atoms. The molecule has 0 fully saturated rings. The molecule has 0 spiro atoms. The summed E-state index contributed by atoms with van der Waals surface area (Å²) in [5.74, 6) is -0.0517. The molecule has 3 aromatic carbocycles. The van der Waals surface area contributed by atoms with Crippen LogP contribution in [0.5, 0.6) is 0 Å². The topological polar surface area (TPSA) is 32.3 Å². The normalized spacial score (nSPS) is 16.2. The van der Waals surface area contributed by atoms with Crippen LogP contribution in [-0.4, -0.2) is 10.8 Å². The van der Waals surface area contributed by atoms with E-state index in [9.17, 15) is 4.79 Å². The van der Waals surface area contributed by atoms with E-state index >= 15 is 0 Å². The van der Waals surface area contributed by atoms with E-state index in [2.05, 4.69) is 5.32 Å². The van der Waals surface area contributed by atoms with Gasteiger partial charge in [-0.05, 0) is 29.8 Å². The fraction of sp³-hybridized carbons (Fsp3) is 0.0952. The van der Waals surface area contributed by atoms with Gasteiger partial charge in [-0.25, -0.2) is 0 Å². The summed E-state index contributed by atoms with van der Waals surface area (Å²) < 4.78 is 0. The molecule has 0 saturated carbocycles. The molecule has 1 aliphatic rings. The highest BCUT2D eigenvalue weighted by atomic mass is 35.5. The predicted molar refractivity (Wildman–Crippen MR) is 106 cm³/mol. The summed E-state index contributed by atoms with van der Waals surface area (Å²) in [4.78, 5) is 15.0. The molecule has 1 heterocycles. The molecular weight excluding hydrogens is 367 g/mol. The van der Waals surface area contributed by atoms with Crippen LogP contribution in [0.4, 0.5) is 5.69 Å². The number of nitrogens with zero attached hydrogens (tertiary/aromatic N) is 1. The maximum Gasteiger partial charge on any atom is 0.258 e. The molecule has 0 aliphatic carbocycles. The van der Waals surface area contributed by atoms with E-state index in [0.29, 0.717) is 22.2 Å². The average molecular weight is 383 g/mol. The highest BCUT2D eigenvalue weighted by molar-refractivity contribution is 6.31. The number of carbonyl (C=O) groups is 1. The summed E-state index contributed by atoms with van der Waals surface area (Å²) in [5.41, 5.74) is 3.19. The monoisotopic (exact) mass is 382 g/mol. The van der Waals surface area contributed by atoms with Gasteiger partial charge in [-0.3, -0.25) is 4.79 Å². The van der Waals surface area contributed by atoms with Crippen LogP contribution < -0.4 is 5.32 Å². The van der Waals surface area contributed by atoms with Crippen molar-refractivity contribution in [1.29, 1.82) is 0 Å². The van der Waals surface area contributed by atoms with Crippen molar-refractivity contribution in [2.45, 2.75) is 12.7 Å². The van der Waals surface area contributed by atoms with Gasteiger partial charge in [0.05, 0.1) is 5.56 Å². The Morgan fingerprint density at radius 1 is 0.846 bits per heavy atom. The Kier molecular flexibility index (Phi) is 4.58. The Morgan fingerprint density at radius 2 is 1.50 bits per heavy atom. The zero-order chi connectivity index (χ0) is 18.1. The molecule has 26 heavy (non-hydrogen) atoms. The van der Waals surface area contributed by atoms with E-state index in [1.807, 2.05) is 72.8 Å². The Bertz CT molecular complexity index is 973. The van der Waals surface area contributed by atoms with Gasteiger partial charge in [0.2, 0.25) is 0 Å². The third-order valence-corrected chi connectivity index (χ3v) is 5.23. The van der Waals surface area contributed by atoms with Crippen molar-refractivity contribution in [3.63, 3.8) is 0 Å². The van der Waals surface area contributed by atoms with Crippen molar-refractivity contribution < 1.29 is 4.79 Å². The first-order valence-corrected chi connectivity index (χ1v) is 9.05. The fourth-order valence-corrected chi connectivity index (χ4v) is 3.64. The predicted octanol–water partition coefficient (Wildman–Crippen LogP) is 5.76. The first-order valence-electron chi connectivity index (χ1n) is 8.29. The zero-order valence-electron chi connectivity index (χ0n) is 13.8. The number of hydrogen-bond acceptors (Lipinski definition) is 2. The second kappa shape index (κ2) is 7.02. The maximum atomic E-state index is 13.2. The van der Waals surface area contributed by atoms with Crippen molar-refractivity contribution in [1.82, 2.24) is 4.90 Å². The molecule has 130 valence electrons. The number of carbonyl (C=O) groups excluding carboxylic acids is 1. The molecule has 1 atom stereocenters. The van der Waals surface area contributed by atoms with E-state index in [4.69, 9.17) is 23.2 Å². The minimum Gasteiger partial charge on any atom is -0.361 e. The van der Waals surface area contributed by atoms with Gasteiger partial charge < -0.3 is 10.2 Å². The van der Waals surface area contributed by atoms with Gasteiger partial charge in [-0.2, -0.15) is 0 Å². The van der Waals surface area contributed by atoms with Crippen LogP contribution in [0.25, 0.3) is 0 Å². The molecule has 4 rings (SSSR count). The van der Waals surface area contributed by atoms with Crippen LogP contribution in [0.1, 0.15) is 27.7 Å². The summed E-state index contributed by atoms with van der Waals surface area (Å²) >= 11 is 12.8. The highest BCUT2D eigenvalue weighted by Crippen LogP contribution is 2.37. The van der Waals surface area contributed by atoms with Gasteiger partial charge in [0, 0.05) is 27.8 Å². The zero-order valence-corrected chi connectivity index (χ0v) is 15.3. The molecule has 0 radical (unpaired) electrons. The van der Waals surface area contributed by atoms with E-state index in [1.54, 1.807) is 4.90 Å². The molecule has 1 amide bonds. The lowest BCUT2D eigenvalue weighted by atomic mass is 10.0. The van der Waals surface area contributed by atoms with E-state index in [1.165, 1.54) is 0 Å². The third kappa shape index (κ3) is 3.05. The molecule has 0 saturated heterocycles. The SMILES string of the molecule is O=C1c2ccccc2NC(c2ccccc2Cl)N1Cc1ccccc1Cl. The molecule has 3 aromatic rings. The summed E-state index contributed by atoms with van der Waals surface area (Å²) in [6.07, 6.45) is -0.373. The van der Waals surface area contributed by atoms with Crippen LogP contribution in [0, 0.1) is 0 Å². The van der Waals surface area contributed by atoms with Crippen molar-refractivity contribution >= 4 is 34.8 Å². The number of benzene rings is 3. The summed E-state index contributed by atoms with van der Waals surface area (Å²) in [7, 11) is 0. The first-order chi connectivity index (χ1) is 12.6. The van der Waals surface area contributed by atoms with Crippen molar-refractivity contribution in [3.8, 4) is 0 Å². The van der Waals surface area contributed by atoms with Crippen molar-refractivity contribution in [2.24, 2.45) is 0 Å². The van der Waals surface area contributed by atoms with Crippen molar-refractivity contribution in [2.75, 3.05) is 5.32 Å². The molecule has 1 aliphatic heterocycles. The summed E-state index contributed by atoms with van der Waals surface area (Å²) in [6.45, 7) is 0.385. The highest BCUT2D eigenvalue weighted by Gasteiger charge is 2.34. The number of para-hydroxylation sites is 1. The standard InChI is InChI=1S/C21H16Cl2N2O/c22-17-10-4-1-7-14(17)13-25-20(15-8-2-5-11-18(15)23)24-19-12-6-3-9-16(19)21(25)26/h1-12,20,24H,13H2. The number of rotatable bonds is 3. The minimum absolute atomic E-state index is 0.0517. The number of halogens is 2. The number of anilines is 1. The van der Waals surface area contributed by atoms with E-state index in [0.717, 1.165) is 16.8 Å². The smallest absolute Gasteiger partial charge is 0.258 e. The van der Waals surface area contributed by atoms with Crippen LogP contribution in [0.3, 0.4) is 0 Å². The maximum absolute atomic E-state index is 13.2. The largest absolute Gasteiger partial charge is 0.361 e. The third-order valence-electron chi connectivity index (χ3n) is 4.52. The fourth-order valence-electron chi connectivity index (χ4n) is 3.21. The first kappa shape index (κ1) is 17.0. The van der Waals surface area contributed by atoms with Gasteiger partial charge >= 0.3 is 0 Å². The van der Waals surface area contributed by atoms with Crippen LogP contribution in [0.15, 0.2) is 72.8 Å². The second-order valence-corrected chi connectivity index (χ2v) is 6.95. The summed E-state index contributed by atoms with van der Waals surface area (Å²) in [5, 5.41) is 4.70. The Labute approximate surface area is 162 Å². The Morgan fingerprint density at radius 3 is 2.27 bits per heavy atom. The van der Waals surface area contributed by atoms with Gasteiger partial charge in [0.15, 0.2) is 0 Å². The van der Waals surface area contributed by atoms with Gasteiger partial charge in [0.1, 0.15) is 6.17 Å². The molecule has 5 heteroatoms. The quantitative estimate of drug-likeness (QED) is 0.624. The number of fused-ring (bicyclic) bond motifs is 1. The number of nitrogens with one attached hydrogen (secondary N) is 1. The Hall–Kier alpha value is -2.49. The molecule has 3 nitrogen and oxygen atoms in total. The van der Waals surface area contributed by atoms with Gasteiger partial charge in [-0.1, -0.05) is 71.7 Å². The van der Waals surface area contributed by atoms with Crippen molar-refractivity contribution in [3.05, 3.63) is 99.5 Å². The second-order valence-electron chi connectivity index (χ2n) is 6.14. The molecule has 1 unspecified atom stereocenters. The minimum atomic E-state index is -0.373. The average Bonchev–Trinajstić information content (AvgIpc) is 2.66. The lowest BCUT2D eigenvalue weighted by Gasteiger charge is -2.38. The van der Waals surface area contributed by atoms with Crippen LogP contribution in [0.2, 0.25) is 10.0 Å². The number of amides is 1. The van der Waals surface area contributed by atoms with Crippen LogP contribution >= 0.6 is 23.2 Å². The van der Waals surface area contributed by atoms with Gasteiger partial charge in [0.25, 0.3) is 5.91 Å². The van der Waals surface area contributed by atoms with E-state index < -0.39 is 0 Å². The molecule has 1 N–H and O–H groups in total. The summed E-state index contributed by atoms with van der Waals surface area (Å²) in [6, 6.07) is 22.6. The molecular formula is C21H16Cl2N2O.